The second-order valence-electron chi connectivity index (χ2n) is 4.52. The molecule has 1 heterocycles. The van der Waals surface area contributed by atoms with Crippen molar-refractivity contribution < 1.29 is 9.47 Å². The third-order valence-electron chi connectivity index (χ3n) is 3.09. The normalized spacial score (nSPS) is 12.3. The Bertz CT molecular complexity index is 451. The zero-order chi connectivity index (χ0) is 13.7. The lowest BCUT2D eigenvalue weighted by Crippen LogP contribution is -2.37. The SMILES string of the molecule is CCCCN(Cc1ccc2c(c1)OCO2)C(=S)NC. The van der Waals surface area contributed by atoms with Gasteiger partial charge in [-0.05, 0) is 36.3 Å². The Morgan fingerprint density at radius 2 is 2.16 bits per heavy atom. The third kappa shape index (κ3) is 3.50. The zero-order valence-corrected chi connectivity index (χ0v) is 12.3. The molecule has 0 fully saturated rings. The summed E-state index contributed by atoms with van der Waals surface area (Å²) < 4.78 is 10.7. The highest BCUT2D eigenvalue weighted by Gasteiger charge is 2.15. The van der Waals surface area contributed by atoms with Crippen LogP contribution in [0.2, 0.25) is 0 Å². The first-order chi connectivity index (χ1) is 9.24. The van der Waals surface area contributed by atoms with Gasteiger partial charge in [-0.1, -0.05) is 19.4 Å². The summed E-state index contributed by atoms with van der Waals surface area (Å²) in [5, 5.41) is 3.83. The van der Waals surface area contributed by atoms with Crippen LogP contribution >= 0.6 is 12.2 Å². The van der Waals surface area contributed by atoms with E-state index in [1.807, 2.05) is 19.2 Å². The van der Waals surface area contributed by atoms with Crippen molar-refractivity contribution in [3.05, 3.63) is 23.8 Å². The van der Waals surface area contributed by atoms with Crippen LogP contribution in [0.5, 0.6) is 11.5 Å². The van der Waals surface area contributed by atoms with Crippen molar-refractivity contribution >= 4 is 17.3 Å². The summed E-state index contributed by atoms with van der Waals surface area (Å²) in [5.41, 5.74) is 1.18. The van der Waals surface area contributed by atoms with E-state index >= 15 is 0 Å². The topological polar surface area (TPSA) is 33.7 Å². The molecule has 4 nitrogen and oxygen atoms in total. The number of thiocarbonyl (C=S) groups is 1. The fourth-order valence-corrected chi connectivity index (χ4v) is 2.18. The first-order valence-corrected chi connectivity index (χ1v) is 7.00. The Labute approximate surface area is 119 Å². The molecule has 0 saturated carbocycles. The largest absolute Gasteiger partial charge is 0.454 e. The molecule has 5 heteroatoms. The lowest BCUT2D eigenvalue weighted by atomic mass is 10.2. The number of rotatable bonds is 5. The molecular weight excluding hydrogens is 260 g/mol. The van der Waals surface area contributed by atoms with Crippen LogP contribution in [0.15, 0.2) is 18.2 Å². The van der Waals surface area contributed by atoms with E-state index in [0.717, 1.165) is 42.5 Å². The van der Waals surface area contributed by atoms with Crippen molar-refractivity contribution in [2.75, 3.05) is 20.4 Å². The molecule has 1 aromatic rings. The van der Waals surface area contributed by atoms with E-state index in [9.17, 15) is 0 Å². The maximum absolute atomic E-state index is 5.40. The third-order valence-corrected chi connectivity index (χ3v) is 3.56. The minimum absolute atomic E-state index is 0.313. The van der Waals surface area contributed by atoms with Gasteiger partial charge in [-0.25, -0.2) is 0 Å². The van der Waals surface area contributed by atoms with E-state index in [4.69, 9.17) is 21.7 Å². The van der Waals surface area contributed by atoms with Crippen molar-refractivity contribution in [2.45, 2.75) is 26.3 Å². The van der Waals surface area contributed by atoms with E-state index in [-0.39, 0.29) is 0 Å². The van der Waals surface area contributed by atoms with Crippen LogP contribution < -0.4 is 14.8 Å². The molecule has 0 spiro atoms. The highest BCUT2D eigenvalue weighted by Crippen LogP contribution is 2.32. The van der Waals surface area contributed by atoms with Gasteiger partial charge in [0.05, 0.1) is 0 Å². The zero-order valence-electron chi connectivity index (χ0n) is 11.4. The number of ether oxygens (including phenoxy) is 2. The van der Waals surface area contributed by atoms with E-state index < -0.39 is 0 Å². The van der Waals surface area contributed by atoms with Gasteiger partial charge in [-0.2, -0.15) is 0 Å². The molecule has 19 heavy (non-hydrogen) atoms. The quantitative estimate of drug-likeness (QED) is 0.838. The van der Waals surface area contributed by atoms with E-state index in [2.05, 4.69) is 23.2 Å². The molecule has 2 rings (SSSR count). The lowest BCUT2D eigenvalue weighted by Gasteiger charge is -2.25. The molecule has 0 unspecified atom stereocenters. The summed E-state index contributed by atoms with van der Waals surface area (Å²) >= 11 is 5.35. The van der Waals surface area contributed by atoms with Crippen LogP contribution in [-0.4, -0.2) is 30.4 Å². The number of nitrogens with zero attached hydrogens (tertiary/aromatic N) is 1. The van der Waals surface area contributed by atoms with Crippen LogP contribution in [0.3, 0.4) is 0 Å². The van der Waals surface area contributed by atoms with Gasteiger partial charge in [0.2, 0.25) is 6.79 Å². The predicted octanol–water partition coefficient (Wildman–Crippen LogP) is 2.52. The minimum Gasteiger partial charge on any atom is -0.454 e. The highest BCUT2D eigenvalue weighted by molar-refractivity contribution is 7.80. The van der Waals surface area contributed by atoms with Crippen molar-refractivity contribution in [3.63, 3.8) is 0 Å². The summed E-state index contributed by atoms with van der Waals surface area (Å²) in [5.74, 6) is 1.64. The molecule has 0 aliphatic carbocycles. The molecule has 104 valence electrons. The van der Waals surface area contributed by atoms with Crippen LogP contribution in [0.1, 0.15) is 25.3 Å². The average Bonchev–Trinajstić information content (AvgIpc) is 2.90. The number of benzene rings is 1. The first-order valence-electron chi connectivity index (χ1n) is 6.59. The Hall–Kier alpha value is -1.49. The monoisotopic (exact) mass is 280 g/mol. The fourth-order valence-electron chi connectivity index (χ4n) is 2.02. The van der Waals surface area contributed by atoms with Crippen molar-refractivity contribution in [1.29, 1.82) is 0 Å². The van der Waals surface area contributed by atoms with Gasteiger partial charge in [0, 0.05) is 20.1 Å². The van der Waals surface area contributed by atoms with Gasteiger partial charge in [0.15, 0.2) is 16.6 Å². The Morgan fingerprint density at radius 1 is 1.37 bits per heavy atom. The van der Waals surface area contributed by atoms with Crippen LogP contribution in [0.25, 0.3) is 0 Å². The van der Waals surface area contributed by atoms with E-state index in [1.54, 1.807) is 0 Å². The first kappa shape index (κ1) is 13.9. The predicted molar refractivity (Wildman–Crippen MR) is 79.5 cm³/mol. The van der Waals surface area contributed by atoms with Gasteiger partial charge in [0.25, 0.3) is 0 Å². The molecular formula is C14H20N2O2S. The summed E-state index contributed by atoms with van der Waals surface area (Å²) in [6, 6.07) is 6.04. The van der Waals surface area contributed by atoms with Crippen LogP contribution in [0.4, 0.5) is 0 Å². The van der Waals surface area contributed by atoms with Crippen LogP contribution in [-0.2, 0) is 6.54 Å². The summed E-state index contributed by atoms with van der Waals surface area (Å²) in [6.45, 7) is 4.25. The summed E-state index contributed by atoms with van der Waals surface area (Å²) in [7, 11) is 1.86. The maximum Gasteiger partial charge on any atom is 0.231 e. The molecule has 0 radical (unpaired) electrons. The molecule has 0 saturated heterocycles. The van der Waals surface area contributed by atoms with Gasteiger partial charge >= 0.3 is 0 Å². The molecule has 0 aromatic heterocycles. The van der Waals surface area contributed by atoms with Gasteiger partial charge in [-0.15, -0.1) is 0 Å². The summed E-state index contributed by atoms with van der Waals surface area (Å²) in [6.07, 6.45) is 2.29. The summed E-state index contributed by atoms with van der Waals surface area (Å²) in [4.78, 5) is 2.18. The molecule has 1 aliphatic heterocycles. The number of nitrogens with one attached hydrogen (secondary N) is 1. The second kappa shape index (κ2) is 6.61. The minimum atomic E-state index is 0.313. The number of unbranched alkanes of at least 4 members (excludes halogenated alkanes) is 1. The van der Waals surface area contributed by atoms with Gasteiger partial charge in [-0.3, -0.25) is 0 Å². The van der Waals surface area contributed by atoms with Crippen molar-refractivity contribution in [2.24, 2.45) is 0 Å². The standard InChI is InChI=1S/C14H20N2O2S/c1-3-4-7-16(14(19)15-2)9-11-5-6-12-13(8-11)18-10-17-12/h5-6,8H,3-4,7,9-10H2,1-2H3,(H,15,19). The Kier molecular flexibility index (Phi) is 4.85. The smallest absolute Gasteiger partial charge is 0.231 e. The average molecular weight is 280 g/mol. The van der Waals surface area contributed by atoms with E-state index in [1.165, 1.54) is 5.56 Å². The number of hydrogen-bond acceptors (Lipinski definition) is 3. The lowest BCUT2D eigenvalue weighted by molar-refractivity contribution is 0.174. The maximum atomic E-state index is 5.40. The number of fused-ring (bicyclic) bond motifs is 1. The molecule has 0 amide bonds. The fraction of sp³-hybridized carbons (Fsp3) is 0.500. The molecule has 1 N–H and O–H groups in total. The van der Waals surface area contributed by atoms with E-state index in [0.29, 0.717) is 6.79 Å². The number of hydrogen-bond donors (Lipinski definition) is 1. The highest BCUT2D eigenvalue weighted by atomic mass is 32.1. The Morgan fingerprint density at radius 3 is 2.89 bits per heavy atom. The van der Waals surface area contributed by atoms with Gasteiger partial charge < -0.3 is 19.7 Å². The molecule has 1 aliphatic rings. The Balaban J connectivity index is 2.05. The van der Waals surface area contributed by atoms with Crippen molar-refractivity contribution in [1.82, 2.24) is 10.2 Å². The van der Waals surface area contributed by atoms with Crippen molar-refractivity contribution in [3.8, 4) is 11.5 Å². The molecule has 0 atom stereocenters. The second-order valence-corrected chi connectivity index (χ2v) is 4.90. The molecule has 1 aromatic carbocycles. The molecule has 0 bridgehead atoms. The van der Waals surface area contributed by atoms with Gasteiger partial charge in [0.1, 0.15) is 0 Å². The van der Waals surface area contributed by atoms with Crippen LogP contribution in [0, 0.1) is 0 Å².